The number of aryl methyl sites for hydroxylation is 2. The van der Waals surface area contributed by atoms with Crippen molar-refractivity contribution in [3.8, 4) is 0 Å². The number of benzene rings is 1. The van der Waals surface area contributed by atoms with Crippen LogP contribution in [0.4, 0.5) is 5.69 Å². The van der Waals surface area contributed by atoms with Crippen molar-refractivity contribution in [3.05, 3.63) is 47.3 Å². The Balaban J connectivity index is 2.05. The molecule has 1 aromatic heterocycles. The topological polar surface area (TPSA) is 84.2 Å². The molecule has 104 valence electrons. The average Bonchev–Trinajstić information content (AvgIpc) is 2.82. The number of carboxylic acid groups (broad SMARTS) is 1. The van der Waals surface area contributed by atoms with Crippen LogP contribution in [0.1, 0.15) is 21.6 Å². The molecule has 20 heavy (non-hydrogen) atoms. The number of carbonyl (C=O) groups excluding carboxylic acids is 1. The van der Waals surface area contributed by atoms with Crippen molar-refractivity contribution in [1.82, 2.24) is 9.78 Å². The van der Waals surface area contributed by atoms with Gasteiger partial charge < -0.3 is 10.4 Å². The quantitative estimate of drug-likeness (QED) is 0.890. The van der Waals surface area contributed by atoms with Crippen LogP contribution < -0.4 is 5.32 Å². The minimum absolute atomic E-state index is 0.0271. The maximum absolute atomic E-state index is 11.9. The van der Waals surface area contributed by atoms with Gasteiger partial charge in [0.15, 0.2) is 5.69 Å². The molecular formula is C14H15N3O3. The number of carboxylic acids is 1. The third-order valence-corrected chi connectivity index (χ3v) is 2.83. The highest BCUT2D eigenvalue weighted by Crippen LogP contribution is 2.16. The highest BCUT2D eigenvalue weighted by molar-refractivity contribution is 5.91. The fraction of sp³-hybridized carbons (Fsp3) is 0.214. The lowest BCUT2D eigenvalue weighted by atomic mass is 10.1. The molecule has 2 aromatic rings. The smallest absolute Gasteiger partial charge is 0.356 e. The molecule has 0 atom stereocenters. The van der Waals surface area contributed by atoms with Crippen LogP contribution >= 0.6 is 0 Å². The number of hydrogen-bond acceptors (Lipinski definition) is 3. The van der Waals surface area contributed by atoms with Gasteiger partial charge in [-0.2, -0.15) is 5.10 Å². The Labute approximate surface area is 116 Å². The first-order chi connectivity index (χ1) is 9.45. The van der Waals surface area contributed by atoms with Crippen molar-refractivity contribution < 1.29 is 14.7 Å². The van der Waals surface area contributed by atoms with E-state index < -0.39 is 5.97 Å². The lowest BCUT2D eigenvalue weighted by Gasteiger charge is -2.09. The van der Waals surface area contributed by atoms with Crippen LogP contribution in [0.25, 0.3) is 0 Å². The zero-order valence-electron chi connectivity index (χ0n) is 11.3. The zero-order valence-corrected chi connectivity index (χ0v) is 11.3. The maximum atomic E-state index is 11.9. The lowest BCUT2D eigenvalue weighted by Crippen LogP contribution is -2.20. The molecule has 0 spiro atoms. The SMILES string of the molecule is Cc1ccc(C)c(NC(=O)Cn2ccc(C(=O)O)n2)c1. The third kappa shape index (κ3) is 3.23. The van der Waals surface area contributed by atoms with Gasteiger partial charge in [-0.3, -0.25) is 9.48 Å². The molecule has 0 aliphatic heterocycles. The average molecular weight is 273 g/mol. The molecular weight excluding hydrogens is 258 g/mol. The molecule has 0 fully saturated rings. The second-order valence-corrected chi connectivity index (χ2v) is 4.57. The first kappa shape index (κ1) is 13.8. The van der Waals surface area contributed by atoms with Crippen LogP contribution in [-0.4, -0.2) is 26.8 Å². The van der Waals surface area contributed by atoms with Crippen LogP contribution in [0.15, 0.2) is 30.5 Å². The van der Waals surface area contributed by atoms with Crippen LogP contribution in [0, 0.1) is 13.8 Å². The number of aromatic nitrogens is 2. The maximum Gasteiger partial charge on any atom is 0.356 e. The largest absolute Gasteiger partial charge is 0.476 e. The summed E-state index contributed by atoms with van der Waals surface area (Å²) in [4.78, 5) is 22.6. The van der Waals surface area contributed by atoms with Crippen LogP contribution in [0.3, 0.4) is 0 Å². The molecule has 0 radical (unpaired) electrons. The normalized spacial score (nSPS) is 10.3. The number of anilines is 1. The van der Waals surface area contributed by atoms with E-state index in [-0.39, 0.29) is 18.1 Å². The summed E-state index contributed by atoms with van der Waals surface area (Å²) in [5.74, 6) is -1.36. The number of amides is 1. The van der Waals surface area contributed by atoms with Crippen molar-refractivity contribution in [3.63, 3.8) is 0 Å². The molecule has 2 N–H and O–H groups in total. The van der Waals surface area contributed by atoms with E-state index in [0.29, 0.717) is 0 Å². The summed E-state index contributed by atoms with van der Waals surface area (Å²) in [5, 5.41) is 15.3. The van der Waals surface area contributed by atoms with Gasteiger partial charge in [0, 0.05) is 11.9 Å². The third-order valence-electron chi connectivity index (χ3n) is 2.83. The molecule has 0 aliphatic carbocycles. The molecule has 0 aliphatic rings. The molecule has 2 rings (SSSR count). The fourth-order valence-corrected chi connectivity index (χ4v) is 1.77. The van der Waals surface area contributed by atoms with E-state index in [1.54, 1.807) is 0 Å². The van der Waals surface area contributed by atoms with Crippen molar-refractivity contribution in [2.75, 3.05) is 5.32 Å². The van der Waals surface area contributed by atoms with E-state index in [0.717, 1.165) is 16.8 Å². The van der Waals surface area contributed by atoms with Crippen molar-refractivity contribution in [2.45, 2.75) is 20.4 Å². The number of hydrogen-bond donors (Lipinski definition) is 2. The summed E-state index contributed by atoms with van der Waals surface area (Å²) in [6, 6.07) is 7.14. The summed E-state index contributed by atoms with van der Waals surface area (Å²) < 4.78 is 1.30. The summed E-state index contributed by atoms with van der Waals surface area (Å²) in [5.41, 5.74) is 2.69. The van der Waals surface area contributed by atoms with Gasteiger partial charge in [-0.1, -0.05) is 12.1 Å². The Morgan fingerprint density at radius 1 is 1.30 bits per heavy atom. The Morgan fingerprint density at radius 3 is 2.70 bits per heavy atom. The van der Waals surface area contributed by atoms with E-state index in [4.69, 9.17) is 5.11 Å². The molecule has 0 unspecified atom stereocenters. The van der Waals surface area contributed by atoms with Gasteiger partial charge in [0.1, 0.15) is 6.54 Å². The number of nitrogens with one attached hydrogen (secondary N) is 1. The van der Waals surface area contributed by atoms with Gasteiger partial charge in [-0.25, -0.2) is 4.79 Å². The first-order valence-electron chi connectivity index (χ1n) is 6.09. The number of aromatic carboxylic acids is 1. The van der Waals surface area contributed by atoms with Gasteiger partial charge in [-0.15, -0.1) is 0 Å². The second kappa shape index (κ2) is 5.56. The minimum atomic E-state index is -1.11. The molecule has 1 heterocycles. The van der Waals surface area contributed by atoms with E-state index in [2.05, 4.69) is 10.4 Å². The molecule has 1 aromatic carbocycles. The van der Waals surface area contributed by atoms with E-state index in [1.165, 1.54) is 16.9 Å². The van der Waals surface area contributed by atoms with Crippen molar-refractivity contribution in [2.24, 2.45) is 0 Å². The van der Waals surface area contributed by atoms with Crippen LogP contribution in [0.5, 0.6) is 0 Å². The standard InChI is InChI=1S/C14H15N3O3/c1-9-3-4-10(2)12(7-9)15-13(18)8-17-6-5-11(16-17)14(19)20/h3-7H,8H2,1-2H3,(H,15,18)(H,19,20). The Kier molecular flexibility index (Phi) is 3.84. The van der Waals surface area contributed by atoms with Crippen molar-refractivity contribution >= 4 is 17.6 Å². The first-order valence-corrected chi connectivity index (χ1v) is 6.09. The fourth-order valence-electron chi connectivity index (χ4n) is 1.77. The van der Waals surface area contributed by atoms with Crippen molar-refractivity contribution in [1.29, 1.82) is 0 Å². The van der Waals surface area contributed by atoms with Gasteiger partial charge >= 0.3 is 5.97 Å². The van der Waals surface area contributed by atoms with E-state index in [1.807, 2.05) is 32.0 Å². The van der Waals surface area contributed by atoms with Crippen LogP contribution in [-0.2, 0) is 11.3 Å². The molecule has 6 heteroatoms. The predicted octanol–water partition coefficient (Wildman–Crippen LogP) is 1.84. The van der Waals surface area contributed by atoms with E-state index >= 15 is 0 Å². The molecule has 0 saturated carbocycles. The summed E-state index contributed by atoms with van der Waals surface area (Å²) in [6.45, 7) is 3.83. The van der Waals surface area contributed by atoms with E-state index in [9.17, 15) is 9.59 Å². The second-order valence-electron chi connectivity index (χ2n) is 4.57. The highest BCUT2D eigenvalue weighted by Gasteiger charge is 2.10. The van der Waals surface area contributed by atoms with Gasteiger partial charge in [0.25, 0.3) is 0 Å². The number of nitrogens with zero attached hydrogens (tertiary/aromatic N) is 2. The Bertz CT molecular complexity index is 661. The minimum Gasteiger partial charge on any atom is -0.476 e. The molecule has 0 bridgehead atoms. The van der Waals surface area contributed by atoms with Gasteiger partial charge in [0.05, 0.1) is 0 Å². The van der Waals surface area contributed by atoms with Crippen LogP contribution in [0.2, 0.25) is 0 Å². The number of carbonyl (C=O) groups is 2. The lowest BCUT2D eigenvalue weighted by molar-refractivity contribution is -0.116. The van der Waals surface area contributed by atoms with Gasteiger partial charge in [0.2, 0.25) is 5.91 Å². The zero-order chi connectivity index (χ0) is 14.7. The van der Waals surface area contributed by atoms with Gasteiger partial charge in [-0.05, 0) is 37.1 Å². The predicted molar refractivity (Wildman–Crippen MR) is 73.7 cm³/mol. The summed E-state index contributed by atoms with van der Waals surface area (Å²) in [6.07, 6.45) is 1.46. The summed E-state index contributed by atoms with van der Waals surface area (Å²) in [7, 11) is 0. The number of rotatable bonds is 4. The summed E-state index contributed by atoms with van der Waals surface area (Å²) >= 11 is 0. The Morgan fingerprint density at radius 2 is 2.05 bits per heavy atom. The molecule has 6 nitrogen and oxygen atoms in total. The highest BCUT2D eigenvalue weighted by atomic mass is 16.4. The monoisotopic (exact) mass is 273 g/mol. The molecule has 1 amide bonds. The Hall–Kier alpha value is -2.63. The molecule has 0 saturated heterocycles.